The Labute approximate surface area is 128 Å². The van der Waals surface area contributed by atoms with Crippen LogP contribution in [0.5, 0.6) is 5.75 Å². The molecule has 0 N–H and O–H groups in total. The van der Waals surface area contributed by atoms with E-state index < -0.39 is 0 Å². The molecule has 2 rings (SSSR count). The molecule has 1 fully saturated rings. The molecule has 1 heterocycles. The molecule has 0 spiro atoms. The van der Waals surface area contributed by atoms with E-state index in [2.05, 4.69) is 32.6 Å². The summed E-state index contributed by atoms with van der Waals surface area (Å²) in [6, 6.07) is 7.95. The molecule has 0 aliphatic carbocycles. The molecule has 1 aromatic rings. The summed E-state index contributed by atoms with van der Waals surface area (Å²) in [6.45, 7) is 9.80. The third-order valence-electron chi connectivity index (χ3n) is 4.19. The normalized spacial score (nSPS) is 20.0. The highest BCUT2D eigenvalue weighted by Crippen LogP contribution is 2.36. The first-order chi connectivity index (χ1) is 9.71. The van der Waals surface area contributed by atoms with Gasteiger partial charge in [0.05, 0.1) is 11.2 Å². The quantitative estimate of drug-likeness (QED) is 0.776. The Morgan fingerprint density at radius 2 is 1.71 bits per heavy atom. The highest BCUT2D eigenvalue weighted by molar-refractivity contribution is 6.62. The van der Waals surface area contributed by atoms with E-state index in [0.29, 0.717) is 6.61 Å². The van der Waals surface area contributed by atoms with Crippen molar-refractivity contribution >= 4 is 12.6 Å². The van der Waals surface area contributed by atoms with Crippen molar-refractivity contribution in [1.29, 1.82) is 0 Å². The fourth-order valence-electron chi connectivity index (χ4n) is 2.08. The molecule has 1 saturated heterocycles. The van der Waals surface area contributed by atoms with Gasteiger partial charge in [-0.2, -0.15) is 0 Å². The van der Waals surface area contributed by atoms with Crippen molar-refractivity contribution in [2.45, 2.75) is 38.9 Å². The Hall–Kier alpha value is -1.04. The van der Waals surface area contributed by atoms with Crippen LogP contribution in [0.15, 0.2) is 24.3 Å². The van der Waals surface area contributed by atoms with Crippen molar-refractivity contribution in [3.05, 3.63) is 24.3 Å². The van der Waals surface area contributed by atoms with E-state index in [0.717, 1.165) is 17.8 Å². The van der Waals surface area contributed by atoms with Gasteiger partial charge in [-0.3, -0.25) is 0 Å². The van der Waals surface area contributed by atoms with Crippen molar-refractivity contribution in [1.82, 2.24) is 4.90 Å². The zero-order valence-electron chi connectivity index (χ0n) is 14.0. The first-order valence-electron chi connectivity index (χ1n) is 7.44. The van der Waals surface area contributed by atoms with Crippen LogP contribution in [0.3, 0.4) is 0 Å². The number of nitrogens with zero attached hydrogens (tertiary/aromatic N) is 1. The largest absolute Gasteiger partial charge is 0.494 e. The van der Waals surface area contributed by atoms with Crippen LogP contribution in [0.4, 0.5) is 0 Å². The second kappa shape index (κ2) is 5.99. The van der Waals surface area contributed by atoms with E-state index in [9.17, 15) is 0 Å². The van der Waals surface area contributed by atoms with E-state index in [4.69, 9.17) is 14.0 Å². The van der Waals surface area contributed by atoms with E-state index in [1.54, 1.807) is 0 Å². The van der Waals surface area contributed by atoms with Crippen molar-refractivity contribution in [3.63, 3.8) is 0 Å². The predicted octanol–water partition coefficient (Wildman–Crippen LogP) is 1.93. The van der Waals surface area contributed by atoms with Crippen LogP contribution >= 0.6 is 0 Å². The summed E-state index contributed by atoms with van der Waals surface area (Å²) < 4.78 is 17.9. The molecular formula is C16H26BNO3. The van der Waals surface area contributed by atoms with Crippen LogP contribution in [-0.2, 0) is 9.31 Å². The van der Waals surface area contributed by atoms with Gasteiger partial charge in [0.1, 0.15) is 12.4 Å². The first kappa shape index (κ1) is 16.3. The maximum Gasteiger partial charge on any atom is 0.494 e. The van der Waals surface area contributed by atoms with Gasteiger partial charge in [-0.25, -0.2) is 0 Å². The van der Waals surface area contributed by atoms with Gasteiger partial charge in [-0.1, -0.05) is 12.1 Å². The molecule has 4 nitrogen and oxygen atoms in total. The van der Waals surface area contributed by atoms with Crippen LogP contribution in [-0.4, -0.2) is 50.5 Å². The average Bonchev–Trinajstić information content (AvgIpc) is 2.58. The molecule has 0 amide bonds. The van der Waals surface area contributed by atoms with Crippen LogP contribution in [0, 0.1) is 0 Å². The zero-order valence-corrected chi connectivity index (χ0v) is 14.0. The second-order valence-corrected chi connectivity index (χ2v) is 6.81. The Kier molecular flexibility index (Phi) is 4.66. The van der Waals surface area contributed by atoms with E-state index >= 15 is 0 Å². The molecule has 116 valence electrons. The lowest BCUT2D eigenvalue weighted by atomic mass is 9.79. The molecule has 1 aliphatic heterocycles. The summed E-state index contributed by atoms with van der Waals surface area (Å²) >= 11 is 0. The van der Waals surface area contributed by atoms with E-state index in [-0.39, 0.29) is 18.3 Å². The fourth-order valence-corrected chi connectivity index (χ4v) is 2.08. The van der Waals surface area contributed by atoms with Gasteiger partial charge in [0.2, 0.25) is 0 Å². The summed E-state index contributed by atoms with van der Waals surface area (Å²) in [5.41, 5.74) is 0.356. The molecule has 0 bridgehead atoms. The highest BCUT2D eigenvalue weighted by Gasteiger charge is 2.51. The molecule has 0 aromatic heterocycles. The lowest BCUT2D eigenvalue weighted by molar-refractivity contribution is 0.00578. The molecule has 5 heteroatoms. The highest BCUT2D eigenvalue weighted by atomic mass is 16.7. The fraction of sp³-hybridized carbons (Fsp3) is 0.625. The standard InChI is InChI=1S/C16H26BNO3/c1-15(2)16(3,4)21-17(20-15)13-8-7-9-14(12-13)19-11-10-18(5)6/h7-9,12H,10-11H2,1-6H3. The minimum Gasteiger partial charge on any atom is -0.492 e. The van der Waals surface area contributed by atoms with Gasteiger partial charge in [0.15, 0.2) is 0 Å². The molecule has 1 aliphatic rings. The third-order valence-corrected chi connectivity index (χ3v) is 4.19. The lowest BCUT2D eigenvalue weighted by Crippen LogP contribution is -2.41. The summed E-state index contributed by atoms with van der Waals surface area (Å²) in [5, 5.41) is 0. The number of rotatable bonds is 5. The summed E-state index contributed by atoms with van der Waals surface area (Å²) in [5.74, 6) is 0.851. The number of hydrogen-bond donors (Lipinski definition) is 0. The average molecular weight is 291 g/mol. The van der Waals surface area contributed by atoms with Crippen molar-refractivity contribution in [2.24, 2.45) is 0 Å². The number of likely N-dealkylation sites (N-methyl/N-ethyl adjacent to an activating group) is 1. The summed E-state index contributed by atoms with van der Waals surface area (Å²) in [7, 11) is 3.72. The summed E-state index contributed by atoms with van der Waals surface area (Å²) in [6.07, 6.45) is 0. The van der Waals surface area contributed by atoms with Gasteiger partial charge in [0, 0.05) is 6.54 Å². The van der Waals surface area contributed by atoms with Gasteiger partial charge < -0.3 is 18.9 Å². The molecule has 0 saturated carbocycles. The van der Waals surface area contributed by atoms with Crippen molar-refractivity contribution in [3.8, 4) is 5.75 Å². The van der Waals surface area contributed by atoms with Gasteiger partial charge in [-0.05, 0) is 59.4 Å². The minimum atomic E-state index is -0.340. The van der Waals surface area contributed by atoms with Crippen LogP contribution < -0.4 is 10.2 Å². The lowest BCUT2D eigenvalue weighted by Gasteiger charge is -2.32. The Balaban J connectivity index is 2.05. The Bertz CT molecular complexity index is 472. The van der Waals surface area contributed by atoms with Gasteiger partial charge in [0.25, 0.3) is 0 Å². The van der Waals surface area contributed by atoms with Gasteiger partial charge in [-0.15, -0.1) is 0 Å². The molecule has 21 heavy (non-hydrogen) atoms. The number of ether oxygens (including phenoxy) is 1. The molecule has 0 unspecified atom stereocenters. The minimum absolute atomic E-state index is 0.320. The number of benzene rings is 1. The molecular weight excluding hydrogens is 265 g/mol. The Morgan fingerprint density at radius 1 is 1.10 bits per heavy atom. The van der Waals surface area contributed by atoms with E-state index in [1.807, 2.05) is 38.4 Å². The van der Waals surface area contributed by atoms with Crippen LogP contribution in [0.25, 0.3) is 0 Å². The summed E-state index contributed by atoms with van der Waals surface area (Å²) in [4.78, 5) is 2.10. The smallest absolute Gasteiger partial charge is 0.492 e. The first-order valence-corrected chi connectivity index (χ1v) is 7.44. The predicted molar refractivity (Wildman–Crippen MR) is 86.2 cm³/mol. The molecule has 0 atom stereocenters. The van der Waals surface area contributed by atoms with E-state index in [1.165, 1.54) is 0 Å². The van der Waals surface area contributed by atoms with Crippen molar-refractivity contribution < 1.29 is 14.0 Å². The maximum absolute atomic E-state index is 6.06. The molecule has 0 radical (unpaired) electrons. The van der Waals surface area contributed by atoms with Gasteiger partial charge >= 0.3 is 7.12 Å². The maximum atomic E-state index is 6.06. The topological polar surface area (TPSA) is 30.9 Å². The molecule has 1 aromatic carbocycles. The zero-order chi connectivity index (χ0) is 15.7. The third kappa shape index (κ3) is 3.79. The Morgan fingerprint density at radius 3 is 2.29 bits per heavy atom. The SMILES string of the molecule is CN(C)CCOc1cccc(B2OC(C)(C)C(C)(C)O2)c1. The number of hydrogen-bond acceptors (Lipinski definition) is 4. The second-order valence-electron chi connectivity index (χ2n) is 6.81. The van der Waals surface area contributed by atoms with Crippen LogP contribution in [0.1, 0.15) is 27.7 Å². The monoisotopic (exact) mass is 291 g/mol. The van der Waals surface area contributed by atoms with Crippen molar-refractivity contribution in [2.75, 3.05) is 27.2 Å². The van der Waals surface area contributed by atoms with Crippen LogP contribution in [0.2, 0.25) is 0 Å².